The van der Waals surface area contributed by atoms with Crippen LogP contribution in [0, 0.1) is 0 Å². The zero-order valence-corrected chi connectivity index (χ0v) is 15.6. The van der Waals surface area contributed by atoms with Crippen molar-refractivity contribution in [2.75, 3.05) is 13.1 Å². The Morgan fingerprint density at radius 2 is 2.00 bits per heavy atom. The monoisotopic (exact) mass is 407 g/mol. The highest BCUT2D eigenvalue weighted by Crippen LogP contribution is 2.34. The first-order chi connectivity index (χ1) is 13.0. The van der Waals surface area contributed by atoms with Crippen LogP contribution in [0.4, 0.5) is 4.79 Å². The standard InChI is InChI=1S/C17H15Cl2N5O3/c18-10-1-2-14(13(19)7-10)27-16-12-8-22-24(15(12)20-9-21-16)11-3-5-23(6-4-11)17(25)26/h1-2,7-9,11H,3-6H2,(H,25,26). The fourth-order valence-corrected chi connectivity index (χ4v) is 3.60. The Hall–Kier alpha value is -2.58. The Morgan fingerprint density at radius 1 is 1.22 bits per heavy atom. The summed E-state index contributed by atoms with van der Waals surface area (Å²) in [6.45, 7) is 0.937. The lowest BCUT2D eigenvalue weighted by Gasteiger charge is -2.30. The maximum absolute atomic E-state index is 11.1. The second-order valence-corrected chi connectivity index (χ2v) is 7.03. The van der Waals surface area contributed by atoms with Gasteiger partial charge in [-0.3, -0.25) is 0 Å². The van der Waals surface area contributed by atoms with Crippen LogP contribution in [0.1, 0.15) is 18.9 Å². The maximum Gasteiger partial charge on any atom is 0.407 e. The van der Waals surface area contributed by atoms with Crippen LogP contribution < -0.4 is 4.74 Å². The van der Waals surface area contributed by atoms with Crippen molar-refractivity contribution < 1.29 is 14.6 Å². The number of nitrogens with zero attached hydrogens (tertiary/aromatic N) is 5. The Balaban J connectivity index is 1.61. The Bertz CT molecular complexity index is 1000. The predicted molar refractivity (Wildman–Crippen MR) is 99.7 cm³/mol. The van der Waals surface area contributed by atoms with Gasteiger partial charge in [-0.25, -0.2) is 19.4 Å². The molecule has 27 heavy (non-hydrogen) atoms. The lowest BCUT2D eigenvalue weighted by Crippen LogP contribution is -2.38. The zero-order chi connectivity index (χ0) is 19.0. The van der Waals surface area contributed by atoms with Crippen LogP contribution in [0.5, 0.6) is 11.6 Å². The minimum atomic E-state index is -0.892. The molecular formula is C17H15Cl2N5O3. The highest BCUT2D eigenvalue weighted by molar-refractivity contribution is 6.35. The molecule has 1 amide bonds. The first-order valence-electron chi connectivity index (χ1n) is 8.32. The van der Waals surface area contributed by atoms with E-state index >= 15 is 0 Å². The minimum Gasteiger partial charge on any atom is -0.465 e. The van der Waals surface area contributed by atoms with Crippen molar-refractivity contribution in [3.8, 4) is 11.6 Å². The number of carboxylic acid groups (broad SMARTS) is 1. The van der Waals surface area contributed by atoms with E-state index in [0.29, 0.717) is 58.6 Å². The predicted octanol–water partition coefficient (Wildman–Crippen LogP) is 4.24. The number of ether oxygens (including phenoxy) is 1. The molecule has 0 aliphatic carbocycles. The molecular weight excluding hydrogens is 393 g/mol. The van der Waals surface area contributed by atoms with Gasteiger partial charge < -0.3 is 14.7 Å². The van der Waals surface area contributed by atoms with E-state index in [9.17, 15) is 4.79 Å². The molecule has 0 bridgehead atoms. The third kappa shape index (κ3) is 3.50. The summed E-state index contributed by atoms with van der Waals surface area (Å²) in [5.74, 6) is 0.780. The van der Waals surface area contributed by atoms with Crippen molar-refractivity contribution in [2.45, 2.75) is 18.9 Å². The van der Waals surface area contributed by atoms with Crippen LogP contribution in [0.2, 0.25) is 10.0 Å². The van der Waals surface area contributed by atoms with E-state index in [1.54, 1.807) is 24.4 Å². The van der Waals surface area contributed by atoms with Gasteiger partial charge in [0.1, 0.15) is 17.5 Å². The molecule has 1 fully saturated rings. The Kier molecular flexibility index (Phi) is 4.75. The molecule has 8 nitrogen and oxygen atoms in total. The Morgan fingerprint density at radius 3 is 2.70 bits per heavy atom. The number of hydrogen-bond acceptors (Lipinski definition) is 5. The summed E-state index contributed by atoms with van der Waals surface area (Å²) in [5.41, 5.74) is 0.638. The van der Waals surface area contributed by atoms with E-state index in [1.165, 1.54) is 11.2 Å². The molecule has 0 spiro atoms. The van der Waals surface area contributed by atoms with Gasteiger partial charge in [0.05, 0.1) is 17.3 Å². The largest absolute Gasteiger partial charge is 0.465 e. The summed E-state index contributed by atoms with van der Waals surface area (Å²) in [6, 6.07) is 5.02. The molecule has 3 heterocycles. The van der Waals surface area contributed by atoms with Crippen LogP contribution >= 0.6 is 23.2 Å². The van der Waals surface area contributed by atoms with Crippen LogP contribution in [-0.2, 0) is 0 Å². The van der Waals surface area contributed by atoms with Gasteiger partial charge in [0.25, 0.3) is 0 Å². The SMILES string of the molecule is O=C(O)N1CCC(n2ncc3c(Oc4ccc(Cl)cc4Cl)ncnc32)CC1. The smallest absolute Gasteiger partial charge is 0.407 e. The minimum absolute atomic E-state index is 0.0694. The van der Waals surface area contributed by atoms with Gasteiger partial charge in [0.15, 0.2) is 5.65 Å². The maximum atomic E-state index is 11.1. The number of fused-ring (bicyclic) bond motifs is 1. The number of amides is 1. The molecule has 140 valence electrons. The average Bonchev–Trinajstić information content (AvgIpc) is 3.09. The third-order valence-electron chi connectivity index (χ3n) is 4.54. The van der Waals surface area contributed by atoms with Crippen LogP contribution in [0.15, 0.2) is 30.7 Å². The zero-order valence-electron chi connectivity index (χ0n) is 14.0. The molecule has 1 N–H and O–H groups in total. The summed E-state index contributed by atoms with van der Waals surface area (Å²) in [4.78, 5) is 21.0. The lowest BCUT2D eigenvalue weighted by atomic mass is 10.1. The van der Waals surface area contributed by atoms with Crippen LogP contribution in [0.3, 0.4) is 0 Å². The summed E-state index contributed by atoms with van der Waals surface area (Å²) >= 11 is 12.1. The van der Waals surface area contributed by atoms with Gasteiger partial charge in [-0.1, -0.05) is 23.2 Å². The topological polar surface area (TPSA) is 93.4 Å². The van der Waals surface area contributed by atoms with Gasteiger partial charge in [-0.05, 0) is 31.0 Å². The average molecular weight is 408 g/mol. The van der Waals surface area contributed by atoms with E-state index in [2.05, 4.69) is 15.1 Å². The highest BCUT2D eigenvalue weighted by Gasteiger charge is 2.26. The summed E-state index contributed by atoms with van der Waals surface area (Å²) in [7, 11) is 0. The third-order valence-corrected chi connectivity index (χ3v) is 5.07. The number of piperidine rings is 1. The Labute approximate surface area is 164 Å². The van der Waals surface area contributed by atoms with Crippen molar-refractivity contribution >= 4 is 40.3 Å². The molecule has 2 aromatic heterocycles. The van der Waals surface area contributed by atoms with E-state index < -0.39 is 6.09 Å². The molecule has 10 heteroatoms. The molecule has 0 saturated carbocycles. The quantitative estimate of drug-likeness (QED) is 0.697. The molecule has 3 aromatic rings. The fourth-order valence-electron chi connectivity index (χ4n) is 3.15. The normalized spacial score (nSPS) is 15.3. The number of carbonyl (C=O) groups is 1. The molecule has 1 saturated heterocycles. The fraction of sp³-hybridized carbons (Fsp3) is 0.294. The number of hydrogen-bond donors (Lipinski definition) is 1. The number of benzene rings is 1. The molecule has 4 rings (SSSR count). The number of halogens is 2. The second kappa shape index (κ2) is 7.21. The molecule has 1 aliphatic rings. The van der Waals surface area contributed by atoms with Gasteiger partial charge in [-0.2, -0.15) is 5.10 Å². The van der Waals surface area contributed by atoms with E-state index in [0.717, 1.165) is 0 Å². The number of likely N-dealkylation sites (tertiary alicyclic amines) is 1. The molecule has 0 radical (unpaired) electrons. The van der Waals surface area contributed by atoms with Crippen LogP contribution in [-0.4, -0.2) is 48.9 Å². The van der Waals surface area contributed by atoms with Crippen molar-refractivity contribution in [2.24, 2.45) is 0 Å². The van der Waals surface area contributed by atoms with Gasteiger partial charge in [0.2, 0.25) is 5.88 Å². The van der Waals surface area contributed by atoms with Gasteiger partial charge >= 0.3 is 6.09 Å². The molecule has 1 aromatic carbocycles. The van der Waals surface area contributed by atoms with E-state index in [1.807, 2.05) is 4.68 Å². The van der Waals surface area contributed by atoms with E-state index in [-0.39, 0.29) is 6.04 Å². The first-order valence-corrected chi connectivity index (χ1v) is 9.07. The molecule has 1 aliphatic heterocycles. The lowest BCUT2D eigenvalue weighted by molar-refractivity contribution is 0.124. The number of rotatable bonds is 3. The van der Waals surface area contributed by atoms with Crippen molar-refractivity contribution in [3.05, 3.63) is 40.8 Å². The van der Waals surface area contributed by atoms with Gasteiger partial charge in [-0.15, -0.1) is 0 Å². The van der Waals surface area contributed by atoms with Crippen molar-refractivity contribution in [1.29, 1.82) is 0 Å². The molecule has 0 unspecified atom stereocenters. The highest BCUT2D eigenvalue weighted by atomic mass is 35.5. The van der Waals surface area contributed by atoms with Gasteiger partial charge in [0, 0.05) is 18.1 Å². The van der Waals surface area contributed by atoms with E-state index in [4.69, 9.17) is 33.0 Å². The molecule has 0 atom stereocenters. The van der Waals surface area contributed by atoms with Crippen molar-refractivity contribution in [1.82, 2.24) is 24.6 Å². The summed E-state index contributed by atoms with van der Waals surface area (Å²) in [6.07, 6.45) is 3.51. The van der Waals surface area contributed by atoms with Crippen molar-refractivity contribution in [3.63, 3.8) is 0 Å². The first kappa shape index (κ1) is 17.8. The summed E-state index contributed by atoms with van der Waals surface area (Å²) in [5, 5.41) is 15.1. The van der Waals surface area contributed by atoms with Crippen LogP contribution in [0.25, 0.3) is 11.0 Å². The number of aromatic nitrogens is 4. The summed E-state index contributed by atoms with van der Waals surface area (Å²) < 4.78 is 7.66. The second-order valence-electron chi connectivity index (χ2n) is 6.18.